The predicted octanol–water partition coefficient (Wildman–Crippen LogP) is 1.40. The molecular formula is C16H30N2O4. The van der Waals surface area contributed by atoms with Crippen LogP contribution in [0, 0.1) is 11.3 Å². The number of amides is 1. The Hall–Kier alpha value is -1.14. The van der Waals surface area contributed by atoms with Gasteiger partial charge in [-0.05, 0) is 58.0 Å². The van der Waals surface area contributed by atoms with Gasteiger partial charge in [-0.3, -0.25) is 9.59 Å². The highest BCUT2D eigenvalue weighted by molar-refractivity contribution is 5.82. The second-order valence-corrected chi connectivity index (χ2v) is 6.89. The number of carbonyl (C=O) groups excluding carboxylic acids is 1. The summed E-state index contributed by atoms with van der Waals surface area (Å²) >= 11 is 0. The van der Waals surface area contributed by atoms with Gasteiger partial charge in [0.1, 0.15) is 0 Å². The zero-order valence-corrected chi connectivity index (χ0v) is 14.2. The summed E-state index contributed by atoms with van der Waals surface area (Å²) in [5, 5.41) is 13.8. The maximum Gasteiger partial charge on any atom is 0.300 e. The summed E-state index contributed by atoms with van der Waals surface area (Å²) in [4.78, 5) is 21.1. The number of hydrogen-bond acceptors (Lipinski definition) is 4. The van der Waals surface area contributed by atoms with Gasteiger partial charge in [0.15, 0.2) is 0 Å². The summed E-state index contributed by atoms with van der Waals surface area (Å²) in [5.74, 6) is -0.311. The summed E-state index contributed by atoms with van der Waals surface area (Å²) in [6.45, 7) is 8.03. The molecule has 1 amide bonds. The van der Waals surface area contributed by atoms with E-state index in [0.29, 0.717) is 12.0 Å². The molecule has 0 aromatic rings. The molecule has 2 fully saturated rings. The van der Waals surface area contributed by atoms with Crippen LogP contribution in [-0.4, -0.2) is 49.3 Å². The third-order valence-corrected chi connectivity index (χ3v) is 4.68. The van der Waals surface area contributed by atoms with Crippen LogP contribution in [0.5, 0.6) is 0 Å². The lowest BCUT2D eigenvalue weighted by molar-refractivity contribution is -0.134. The van der Waals surface area contributed by atoms with Crippen LogP contribution in [0.25, 0.3) is 0 Å². The minimum atomic E-state index is -0.833. The fourth-order valence-corrected chi connectivity index (χ4v) is 2.91. The van der Waals surface area contributed by atoms with Crippen molar-refractivity contribution in [3.63, 3.8) is 0 Å². The smallest absolute Gasteiger partial charge is 0.300 e. The van der Waals surface area contributed by atoms with Crippen molar-refractivity contribution >= 4 is 11.9 Å². The minimum absolute atomic E-state index is 0.150. The number of carboxylic acids is 1. The molecule has 0 radical (unpaired) electrons. The Labute approximate surface area is 133 Å². The molecule has 128 valence electrons. The molecule has 1 aliphatic carbocycles. The van der Waals surface area contributed by atoms with Crippen molar-refractivity contribution in [1.29, 1.82) is 0 Å². The van der Waals surface area contributed by atoms with E-state index in [1.165, 1.54) is 0 Å². The number of aliphatic carboxylic acids is 1. The van der Waals surface area contributed by atoms with Crippen molar-refractivity contribution in [2.45, 2.75) is 52.1 Å². The standard InChI is InChI=1S/C14H26N2O2.C2H4O2/c1-13(2,18-3)4-9-16-12(17)11-10-14(11)5-7-15-8-6-14;1-2(3)4/h11,15H,4-10H2,1-3H3,(H,16,17);1H3,(H,3,4). The van der Waals surface area contributed by atoms with Crippen molar-refractivity contribution in [3.05, 3.63) is 0 Å². The van der Waals surface area contributed by atoms with Crippen LogP contribution < -0.4 is 10.6 Å². The van der Waals surface area contributed by atoms with E-state index in [2.05, 4.69) is 10.6 Å². The van der Waals surface area contributed by atoms with Gasteiger partial charge in [0.2, 0.25) is 5.91 Å². The average molecular weight is 314 g/mol. The number of rotatable bonds is 5. The van der Waals surface area contributed by atoms with Crippen LogP contribution in [0.2, 0.25) is 0 Å². The van der Waals surface area contributed by atoms with Gasteiger partial charge in [-0.1, -0.05) is 0 Å². The van der Waals surface area contributed by atoms with E-state index in [1.807, 2.05) is 13.8 Å². The lowest BCUT2D eigenvalue weighted by Gasteiger charge is -2.24. The summed E-state index contributed by atoms with van der Waals surface area (Å²) < 4.78 is 5.35. The Morgan fingerprint density at radius 3 is 2.41 bits per heavy atom. The van der Waals surface area contributed by atoms with Gasteiger partial charge in [0.05, 0.1) is 5.60 Å². The van der Waals surface area contributed by atoms with Gasteiger partial charge in [-0.2, -0.15) is 0 Å². The van der Waals surface area contributed by atoms with Crippen molar-refractivity contribution in [1.82, 2.24) is 10.6 Å². The van der Waals surface area contributed by atoms with Crippen LogP contribution in [0.1, 0.15) is 46.5 Å². The Kier molecular flexibility index (Phi) is 6.81. The van der Waals surface area contributed by atoms with Crippen LogP contribution in [0.3, 0.4) is 0 Å². The SMILES string of the molecule is CC(=O)O.COC(C)(C)CCNC(=O)C1CC12CCNCC2. The second kappa shape index (κ2) is 7.92. The van der Waals surface area contributed by atoms with E-state index in [-0.39, 0.29) is 17.4 Å². The summed E-state index contributed by atoms with van der Waals surface area (Å²) in [7, 11) is 1.72. The maximum absolute atomic E-state index is 12.1. The molecule has 1 saturated heterocycles. The van der Waals surface area contributed by atoms with E-state index in [9.17, 15) is 4.79 Å². The first kappa shape index (κ1) is 18.9. The lowest BCUT2D eigenvalue weighted by atomic mass is 9.92. The summed E-state index contributed by atoms with van der Waals surface area (Å²) in [6.07, 6.45) is 4.27. The molecule has 0 aromatic carbocycles. The molecule has 6 nitrogen and oxygen atoms in total. The summed E-state index contributed by atoms with van der Waals surface area (Å²) in [5.41, 5.74) is 0.190. The van der Waals surface area contributed by atoms with Crippen LogP contribution in [0.15, 0.2) is 0 Å². The fourth-order valence-electron chi connectivity index (χ4n) is 2.91. The fraction of sp³-hybridized carbons (Fsp3) is 0.875. The van der Waals surface area contributed by atoms with E-state index in [0.717, 1.165) is 45.7 Å². The Balaban J connectivity index is 0.000000541. The van der Waals surface area contributed by atoms with Crippen molar-refractivity contribution < 1.29 is 19.4 Å². The zero-order valence-electron chi connectivity index (χ0n) is 14.2. The van der Waals surface area contributed by atoms with Crippen LogP contribution >= 0.6 is 0 Å². The Morgan fingerprint density at radius 1 is 1.36 bits per heavy atom. The van der Waals surface area contributed by atoms with Crippen molar-refractivity contribution in [2.75, 3.05) is 26.7 Å². The van der Waals surface area contributed by atoms with Gasteiger partial charge >= 0.3 is 0 Å². The maximum atomic E-state index is 12.1. The largest absolute Gasteiger partial charge is 0.481 e. The highest BCUT2D eigenvalue weighted by Crippen LogP contribution is 2.58. The van der Waals surface area contributed by atoms with E-state index in [1.54, 1.807) is 7.11 Å². The highest BCUT2D eigenvalue weighted by Gasteiger charge is 2.57. The molecular weight excluding hydrogens is 284 g/mol. The number of piperidine rings is 1. The molecule has 2 rings (SSSR count). The predicted molar refractivity (Wildman–Crippen MR) is 84.7 cm³/mol. The monoisotopic (exact) mass is 314 g/mol. The molecule has 3 N–H and O–H groups in total. The summed E-state index contributed by atoms with van der Waals surface area (Å²) in [6, 6.07) is 0. The van der Waals surface area contributed by atoms with Crippen molar-refractivity contribution in [2.24, 2.45) is 11.3 Å². The molecule has 1 spiro atoms. The quantitative estimate of drug-likeness (QED) is 0.714. The molecule has 0 bridgehead atoms. The first-order valence-electron chi connectivity index (χ1n) is 7.95. The third kappa shape index (κ3) is 5.93. The van der Waals surface area contributed by atoms with Gasteiger partial charge in [0, 0.05) is 26.5 Å². The van der Waals surface area contributed by atoms with Crippen LogP contribution in [-0.2, 0) is 14.3 Å². The first-order chi connectivity index (χ1) is 10.2. The molecule has 1 unspecified atom stereocenters. The molecule has 1 aliphatic heterocycles. The highest BCUT2D eigenvalue weighted by atomic mass is 16.5. The first-order valence-corrected chi connectivity index (χ1v) is 7.95. The van der Waals surface area contributed by atoms with Crippen LogP contribution in [0.4, 0.5) is 0 Å². The molecule has 6 heteroatoms. The normalized spacial score (nSPS) is 22.5. The number of hydrogen-bond donors (Lipinski definition) is 3. The van der Waals surface area contributed by atoms with Gasteiger partial charge in [-0.25, -0.2) is 0 Å². The molecule has 1 atom stereocenters. The Bertz CT molecular complexity index is 386. The third-order valence-electron chi connectivity index (χ3n) is 4.68. The number of carboxylic acid groups (broad SMARTS) is 1. The molecule has 2 aliphatic rings. The van der Waals surface area contributed by atoms with Crippen molar-refractivity contribution in [3.8, 4) is 0 Å². The van der Waals surface area contributed by atoms with E-state index < -0.39 is 5.97 Å². The topological polar surface area (TPSA) is 87.7 Å². The van der Waals surface area contributed by atoms with Gasteiger partial charge in [0.25, 0.3) is 5.97 Å². The molecule has 22 heavy (non-hydrogen) atoms. The number of nitrogens with one attached hydrogen (secondary N) is 2. The molecule has 1 heterocycles. The van der Waals surface area contributed by atoms with Gasteiger partial charge in [-0.15, -0.1) is 0 Å². The van der Waals surface area contributed by atoms with E-state index >= 15 is 0 Å². The molecule has 0 aromatic heterocycles. The lowest BCUT2D eigenvalue weighted by Crippen LogP contribution is -2.36. The number of carbonyl (C=O) groups is 2. The molecule has 1 saturated carbocycles. The minimum Gasteiger partial charge on any atom is -0.481 e. The van der Waals surface area contributed by atoms with E-state index in [4.69, 9.17) is 14.6 Å². The Morgan fingerprint density at radius 2 is 1.91 bits per heavy atom. The number of ether oxygens (including phenoxy) is 1. The number of methoxy groups -OCH3 is 1. The second-order valence-electron chi connectivity index (χ2n) is 6.89. The average Bonchev–Trinajstić information content (AvgIpc) is 3.12. The zero-order chi connectivity index (χ0) is 16.8. The van der Waals surface area contributed by atoms with Gasteiger partial charge < -0.3 is 20.5 Å².